The van der Waals surface area contributed by atoms with E-state index in [0.717, 1.165) is 11.1 Å². The molecule has 0 bridgehead atoms. The minimum Gasteiger partial charge on any atom is -0.432 e. The first kappa shape index (κ1) is 23.3. The molecular weight excluding hydrogens is 477 g/mol. The van der Waals surface area contributed by atoms with Gasteiger partial charge in [0.1, 0.15) is 0 Å². The van der Waals surface area contributed by atoms with Crippen molar-refractivity contribution < 1.29 is 37.1 Å². The maximum Gasteiger partial charge on any atom is 0.493 e. The summed E-state index contributed by atoms with van der Waals surface area (Å²) in [6.07, 6.45) is -5.28. The summed E-state index contributed by atoms with van der Waals surface area (Å²) in [4.78, 5) is 40.8. The smallest absolute Gasteiger partial charge is 0.432 e. The van der Waals surface area contributed by atoms with E-state index >= 15 is 0 Å². The van der Waals surface area contributed by atoms with Crippen molar-refractivity contribution >= 4 is 45.2 Å². The molecule has 0 spiro atoms. The summed E-state index contributed by atoms with van der Waals surface area (Å²) in [5.74, 6) is -4.31. The monoisotopic (exact) mass is 494 g/mol. The number of carbonyl (C=O) groups is 3. The van der Waals surface area contributed by atoms with E-state index in [4.69, 9.17) is 4.74 Å². The first-order valence-electron chi connectivity index (χ1n) is 10.9. The van der Waals surface area contributed by atoms with Crippen molar-refractivity contribution in [3.8, 4) is 5.75 Å². The lowest BCUT2D eigenvalue weighted by molar-refractivity contribution is -0.199. The molecule has 0 amide bonds. The molecule has 0 saturated carbocycles. The number of aromatic nitrogens is 1. The number of fused-ring (bicyclic) bond motifs is 5. The number of aryl methyl sites for hydroxylation is 2. The molecule has 7 nitrogen and oxygen atoms in total. The Bertz CT molecular complexity index is 1630. The first-order valence-corrected chi connectivity index (χ1v) is 10.9. The molecule has 0 unspecified atom stereocenters. The van der Waals surface area contributed by atoms with E-state index in [1.54, 1.807) is 36.4 Å². The number of Topliss-reactive ketones (excluding diaryl/α,β-unsaturated/α-hetero) is 1. The molecule has 0 N–H and O–H groups in total. The molecule has 0 aliphatic carbocycles. The molecule has 0 saturated heterocycles. The Morgan fingerprint density at radius 2 is 1.78 bits per heavy atom. The van der Waals surface area contributed by atoms with Gasteiger partial charge in [0.2, 0.25) is 0 Å². The summed E-state index contributed by atoms with van der Waals surface area (Å²) in [5.41, 5.74) is 3.30. The Morgan fingerprint density at radius 3 is 2.47 bits per heavy atom. The van der Waals surface area contributed by atoms with Crippen molar-refractivity contribution in [3.05, 3.63) is 76.9 Å². The van der Waals surface area contributed by atoms with Crippen molar-refractivity contribution in [3.63, 3.8) is 0 Å². The Morgan fingerprint density at radius 1 is 1.06 bits per heavy atom. The normalized spacial score (nSPS) is 14.4. The molecule has 3 aromatic carbocycles. The van der Waals surface area contributed by atoms with Crippen LogP contribution in [0, 0.1) is 6.92 Å². The Hall–Kier alpha value is -4.47. The van der Waals surface area contributed by atoms with Crippen LogP contribution >= 0.6 is 0 Å². The minimum absolute atomic E-state index is 0.0510. The van der Waals surface area contributed by atoms with Crippen molar-refractivity contribution in [2.24, 2.45) is 5.16 Å². The molecule has 1 aliphatic heterocycles. The number of hydrogen-bond acceptors (Lipinski definition) is 6. The van der Waals surface area contributed by atoms with Crippen LogP contribution in [0.1, 0.15) is 38.8 Å². The van der Waals surface area contributed by atoms with Crippen molar-refractivity contribution in [2.75, 3.05) is 0 Å². The lowest BCUT2D eigenvalue weighted by Crippen LogP contribution is -2.25. The van der Waals surface area contributed by atoms with E-state index in [9.17, 15) is 27.6 Å². The predicted octanol–water partition coefficient (Wildman–Crippen LogP) is 5.35. The third-order valence-electron chi connectivity index (χ3n) is 6.03. The molecule has 4 aromatic rings. The van der Waals surface area contributed by atoms with E-state index in [2.05, 4.69) is 9.99 Å². The van der Waals surface area contributed by atoms with Gasteiger partial charge in [-0.05, 0) is 54.9 Å². The largest absolute Gasteiger partial charge is 0.493 e. The molecular formula is C26H17F3N2O5. The second-order valence-corrected chi connectivity index (χ2v) is 8.16. The van der Waals surface area contributed by atoms with E-state index in [0.29, 0.717) is 34.0 Å². The van der Waals surface area contributed by atoms with Gasteiger partial charge in [0.05, 0.1) is 16.5 Å². The zero-order valence-electron chi connectivity index (χ0n) is 19.0. The fraction of sp³-hybridized carbons (Fsp3) is 0.154. The maximum absolute atomic E-state index is 13.2. The zero-order chi connectivity index (χ0) is 25.8. The number of nitrogens with zero attached hydrogens (tertiary/aromatic N) is 2. The van der Waals surface area contributed by atoms with Gasteiger partial charge in [-0.3, -0.25) is 9.59 Å². The Labute approximate surface area is 201 Å². The topological polar surface area (TPSA) is 87.0 Å². The standard InChI is InChI=1S/C26H17F3N2O5/c1-3-31-18-10-8-14(21(32)15-7-5-4-6-13(15)2)12-17(18)20-19(31)11-9-16-22(33)24(35-23(16)20)30-36-25(34)26(27,28)29/h4-12H,3H2,1-2H3/b30-24-. The van der Waals surface area contributed by atoms with Gasteiger partial charge >= 0.3 is 18.0 Å². The average Bonchev–Trinajstić information content (AvgIpc) is 3.35. The van der Waals surface area contributed by atoms with Crippen molar-refractivity contribution in [1.29, 1.82) is 0 Å². The second-order valence-electron chi connectivity index (χ2n) is 8.16. The van der Waals surface area contributed by atoms with Crippen LogP contribution < -0.4 is 4.74 Å². The Kier molecular flexibility index (Phi) is 5.39. The van der Waals surface area contributed by atoms with Crippen LogP contribution in [-0.2, 0) is 16.2 Å². The fourth-order valence-corrected chi connectivity index (χ4v) is 4.36. The van der Waals surface area contributed by atoms with E-state index < -0.39 is 23.8 Å². The van der Waals surface area contributed by atoms with Crippen molar-refractivity contribution in [1.82, 2.24) is 4.57 Å². The highest BCUT2D eigenvalue weighted by Crippen LogP contribution is 2.41. The summed E-state index contributed by atoms with van der Waals surface area (Å²) < 4.78 is 44.9. The lowest BCUT2D eigenvalue weighted by atomic mass is 9.97. The molecule has 0 radical (unpaired) electrons. The van der Waals surface area contributed by atoms with Gasteiger partial charge in [-0.1, -0.05) is 24.3 Å². The summed E-state index contributed by atoms with van der Waals surface area (Å²) in [6, 6.07) is 15.6. The predicted molar refractivity (Wildman–Crippen MR) is 124 cm³/mol. The molecule has 2 heterocycles. The Balaban J connectivity index is 1.65. The van der Waals surface area contributed by atoms with Crippen LogP contribution in [0.2, 0.25) is 0 Å². The maximum atomic E-state index is 13.2. The fourth-order valence-electron chi connectivity index (χ4n) is 4.36. The van der Waals surface area contributed by atoms with Crippen LogP contribution in [0.4, 0.5) is 13.2 Å². The van der Waals surface area contributed by atoms with Gasteiger partial charge in [0.15, 0.2) is 11.5 Å². The SMILES string of the molecule is CCn1c2ccc(C(=O)c3ccccc3C)cc2c2c3c(ccc21)C(=O)/C(=N/OC(=O)C(F)(F)F)O3. The summed E-state index contributed by atoms with van der Waals surface area (Å²) in [7, 11) is 0. The molecule has 1 aliphatic rings. The van der Waals surface area contributed by atoms with Gasteiger partial charge in [-0.2, -0.15) is 13.2 Å². The van der Waals surface area contributed by atoms with Gasteiger partial charge in [-0.25, -0.2) is 4.79 Å². The summed E-state index contributed by atoms with van der Waals surface area (Å²) in [6.45, 7) is 4.32. The number of ether oxygens (including phenoxy) is 1. The number of ketones is 2. The quantitative estimate of drug-likeness (QED) is 0.217. The molecule has 36 heavy (non-hydrogen) atoms. The van der Waals surface area contributed by atoms with Gasteiger partial charge < -0.3 is 14.1 Å². The summed E-state index contributed by atoms with van der Waals surface area (Å²) >= 11 is 0. The molecule has 0 atom stereocenters. The molecule has 5 rings (SSSR count). The highest BCUT2D eigenvalue weighted by molar-refractivity contribution is 6.47. The van der Waals surface area contributed by atoms with E-state index in [1.807, 2.05) is 30.5 Å². The molecule has 0 fully saturated rings. The van der Waals surface area contributed by atoms with Gasteiger partial charge in [-0.15, -0.1) is 0 Å². The third kappa shape index (κ3) is 3.62. The number of rotatable bonds is 4. The van der Waals surface area contributed by atoms with Crippen LogP contribution in [0.25, 0.3) is 21.8 Å². The van der Waals surface area contributed by atoms with E-state index in [1.165, 1.54) is 6.07 Å². The molecule has 182 valence electrons. The zero-order valence-corrected chi connectivity index (χ0v) is 19.0. The highest BCUT2D eigenvalue weighted by atomic mass is 19.4. The van der Waals surface area contributed by atoms with Gasteiger partial charge in [0.25, 0.3) is 5.78 Å². The van der Waals surface area contributed by atoms with Crippen LogP contribution in [0.3, 0.4) is 0 Å². The number of benzene rings is 3. The van der Waals surface area contributed by atoms with Crippen LogP contribution in [0.5, 0.6) is 5.75 Å². The number of carbonyl (C=O) groups excluding carboxylic acids is 3. The number of hydrogen-bond donors (Lipinski definition) is 0. The number of halogens is 3. The lowest BCUT2D eigenvalue weighted by Gasteiger charge is -2.06. The number of oxime groups is 1. The van der Waals surface area contributed by atoms with Crippen molar-refractivity contribution in [2.45, 2.75) is 26.6 Å². The summed E-state index contributed by atoms with van der Waals surface area (Å²) in [5, 5.41) is 4.11. The second kappa shape index (κ2) is 8.33. The molecule has 10 heteroatoms. The molecule has 1 aromatic heterocycles. The third-order valence-corrected chi connectivity index (χ3v) is 6.03. The van der Waals surface area contributed by atoms with Crippen LogP contribution in [-0.4, -0.2) is 34.2 Å². The average molecular weight is 494 g/mol. The van der Waals surface area contributed by atoms with Crippen LogP contribution in [0.15, 0.2) is 59.8 Å². The van der Waals surface area contributed by atoms with Gasteiger partial charge in [0, 0.05) is 28.6 Å². The minimum atomic E-state index is -5.28. The van der Waals surface area contributed by atoms with E-state index in [-0.39, 0.29) is 17.1 Å². The first-order chi connectivity index (χ1) is 17.1. The highest BCUT2D eigenvalue weighted by Gasteiger charge is 2.42. The number of alkyl halides is 3.